The zero-order chi connectivity index (χ0) is 14.5. The molecular formula is C18H26N2. The molecule has 0 spiro atoms. The molecule has 0 fully saturated rings. The third kappa shape index (κ3) is 3.02. The molecule has 0 amide bonds. The average Bonchev–Trinajstić information content (AvgIpc) is 2.51. The van der Waals surface area contributed by atoms with Crippen LogP contribution in [0.15, 0.2) is 42.5 Å². The van der Waals surface area contributed by atoms with Crippen LogP contribution >= 0.6 is 0 Å². The monoisotopic (exact) mass is 270 g/mol. The molecule has 2 N–H and O–H groups in total. The first-order valence-electron chi connectivity index (χ1n) is 7.65. The van der Waals surface area contributed by atoms with E-state index in [4.69, 9.17) is 5.73 Å². The molecule has 0 radical (unpaired) electrons. The molecule has 0 aliphatic heterocycles. The standard InChI is InChI=1S/C18H26N2/c1-4-14(3)20(5-2)18(13-19)17-11-10-15-8-6-7-9-16(15)12-17/h6-12,14,18H,4-5,13,19H2,1-3H3. The lowest BCUT2D eigenvalue weighted by Gasteiger charge is -2.35. The lowest BCUT2D eigenvalue weighted by molar-refractivity contribution is 0.152. The van der Waals surface area contributed by atoms with Crippen LogP contribution in [0.5, 0.6) is 0 Å². The lowest BCUT2D eigenvalue weighted by Crippen LogP contribution is -2.39. The Morgan fingerprint density at radius 1 is 1.05 bits per heavy atom. The summed E-state index contributed by atoms with van der Waals surface area (Å²) in [4.78, 5) is 2.50. The van der Waals surface area contributed by atoms with Crippen molar-refractivity contribution in [3.63, 3.8) is 0 Å². The number of hydrogen-bond acceptors (Lipinski definition) is 2. The Labute approximate surface area is 122 Å². The van der Waals surface area contributed by atoms with Gasteiger partial charge in [0.1, 0.15) is 0 Å². The SMILES string of the molecule is CCC(C)N(CC)C(CN)c1ccc2ccccc2c1. The highest BCUT2D eigenvalue weighted by Gasteiger charge is 2.21. The second kappa shape index (κ2) is 6.87. The summed E-state index contributed by atoms with van der Waals surface area (Å²) in [5.74, 6) is 0. The smallest absolute Gasteiger partial charge is 0.0473 e. The van der Waals surface area contributed by atoms with E-state index in [1.54, 1.807) is 0 Å². The Bertz CT molecular complexity index is 550. The summed E-state index contributed by atoms with van der Waals surface area (Å²) in [6.45, 7) is 8.44. The van der Waals surface area contributed by atoms with Crippen LogP contribution in [-0.4, -0.2) is 24.0 Å². The van der Waals surface area contributed by atoms with Crippen LogP contribution in [0.4, 0.5) is 0 Å². The van der Waals surface area contributed by atoms with Gasteiger partial charge in [-0.3, -0.25) is 4.90 Å². The Morgan fingerprint density at radius 3 is 2.35 bits per heavy atom. The van der Waals surface area contributed by atoms with Gasteiger partial charge >= 0.3 is 0 Å². The number of rotatable bonds is 6. The average molecular weight is 270 g/mol. The molecule has 108 valence electrons. The van der Waals surface area contributed by atoms with Crippen LogP contribution in [0.3, 0.4) is 0 Å². The zero-order valence-electron chi connectivity index (χ0n) is 12.8. The van der Waals surface area contributed by atoms with Gasteiger partial charge in [-0.1, -0.05) is 50.2 Å². The molecule has 0 heterocycles. The van der Waals surface area contributed by atoms with E-state index in [2.05, 4.69) is 68.1 Å². The first kappa shape index (κ1) is 15.0. The predicted octanol–water partition coefficient (Wildman–Crippen LogP) is 3.96. The molecule has 0 aliphatic carbocycles. The van der Waals surface area contributed by atoms with Gasteiger partial charge in [-0.2, -0.15) is 0 Å². The highest BCUT2D eigenvalue weighted by Crippen LogP contribution is 2.26. The lowest BCUT2D eigenvalue weighted by atomic mass is 9.99. The van der Waals surface area contributed by atoms with E-state index >= 15 is 0 Å². The van der Waals surface area contributed by atoms with Gasteiger partial charge in [-0.15, -0.1) is 0 Å². The minimum atomic E-state index is 0.305. The van der Waals surface area contributed by atoms with Crippen LogP contribution in [0.2, 0.25) is 0 Å². The largest absolute Gasteiger partial charge is 0.329 e. The van der Waals surface area contributed by atoms with Crippen molar-refractivity contribution < 1.29 is 0 Å². The van der Waals surface area contributed by atoms with Gasteiger partial charge in [0.25, 0.3) is 0 Å². The fraction of sp³-hybridized carbons (Fsp3) is 0.444. The zero-order valence-corrected chi connectivity index (χ0v) is 12.8. The molecule has 2 heteroatoms. The van der Waals surface area contributed by atoms with Gasteiger partial charge < -0.3 is 5.73 Å². The van der Waals surface area contributed by atoms with Gasteiger partial charge in [0.05, 0.1) is 0 Å². The van der Waals surface area contributed by atoms with Crippen molar-refractivity contribution >= 4 is 10.8 Å². The van der Waals surface area contributed by atoms with E-state index in [0.717, 1.165) is 13.0 Å². The summed E-state index contributed by atoms with van der Waals surface area (Å²) < 4.78 is 0. The molecule has 0 saturated heterocycles. The maximum Gasteiger partial charge on any atom is 0.0473 e. The Kier molecular flexibility index (Phi) is 5.16. The van der Waals surface area contributed by atoms with Crippen molar-refractivity contribution in [2.45, 2.75) is 39.3 Å². The number of fused-ring (bicyclic) bond motifs is 1. The number of hydrogen-bond donors (Lipinski definition) is 1. The third-order valence-corrected chi connectivity index (χ3v) is 4.30. The summed E-state index contributed by atoms with van der Waals surface area (Å²) in [7, 11) is 0. The third-order valence-electron chi connectivity index (χ3n) is 4.30. The number of nitrogens with zero attached hydrogens (tertiary/aromatic N) is 1. The van der Waals surface area contributed by atoms with Crippen molar-refractivity contribution in [3.05, 3.63) is 48.0 Å². The van der Waals surface area contributed by atoms with E-state index in [1.807, 2.05) is 0 Å². The van der Waals surface area contributed by atoms with Gasteiger partial charge in [0.15, 0.2) is 0 Å². The molecule has 2 unspecified atom stereocenters. The maximum absolute atomic E-state index is 6.08. The fourth-order valence-corrected chi connectivity index (χ4v) is 2.95. The minimum absolute atomic E-state index is 0.305. The molecule has 2 nitrogen and oxygen atoms in total. The minimum Gasteiger partial charge on any atom is -0.329 e. The molecule has 20 heavy (non-hydrogen) atoms. The maximum atomic E-state index is 6.08. The molecule has 2 aromatic carbocycles. The molecule has 0 aliphatic rings. The van der Waals surface area contributed by atoms with Crippen molar-refractivity contribution in [2.75, 3.05) is 13.1 Å². The molecular weight excluding hydrogens is 244 g/mol. The molecule has 0 bridgehead atoms. The number of likely N-dealkylation sites (N-methyl/N-ethyl adjacent to an activating group) is 1. The summed E-state index contributed by atoms with van der Waals surface area (Å²) in [5, 5.41) is 2.59. The van der Waals surface area contributed by atoms with Crippen molar-refractivity contribution in [1.29, 1.82) is 0 Å². The molecule has 0 saturated carbocycles. The van der Waals surface area contributed by atoms with Crippen LogP contribution in [0, 0.1) is 0 Å². The van der Waals surface area contributed by atoms with Gasteiger partial charge in [0, 0.05) is 18.6 Å². The predicted molar refractivity (Wildman–Crippen MR) is 87.9 cm³/mol. The van der Waals surface area contributed by atoms with Gasteiger partial charge in [-0.25, -0.2) is 0 Å². The first-order chi connectivity index (χ1) is 9.71. The summed E-state index contributed by atoms with van der Waals surface area (Å²) in [6.07, 6.45) is 1.15. The quantitative estimate of drug-likeness (QED) is 0.861. The van der Waals surface area contributed by atoms with E-state index in [9.17, 15) is 0 Å². The van der Waals surface area contributed by atoms with Crippen molar-refractivity contribution in [1.82, 2.24) is 4.90 Å². The summed E-state index contributed by atoms with van der Waals surface area (Å²) >= 11 is 0. The second-order valence-corrected chi connectivity index (χ2v) is 5.45. The Hall–Kier alpha value is -1.38. The van der Waals surface area contributed by atoms with E-state index in [1.165, 1.54) is 16.3 Å². The Morgan fingerprint density at radius 2 is 1.75 bits per heavy atom. The van der Waals surface area contributed by atoms with Gasteiger partial charge in [0.2, 0.25) is 0 Å². The second-order valence-electron chi connectivity index (χ2n) is 5.45. The normalized spacial score (nSPS) is 14.7. The molecule has 2 rings (SSSR count). The van der Waals surface area contributed by atoms with Crippen LogP contribution in [-0.2, 0) is 0 Å². The molecule has 0 aromatic heterocycles. The van der Waals surface area contributed by atoms with Crippen LogP contribution in [0.1, 0.15) is 38.8 Å². The summed E-state index contributed by atoms with van der Waals surface area (Å²) in [5.41, 5.74) is 7.40. The van der Waals surface area contributed by atoms with E-state index in [-0.39, 0.29) is 0 Å². The topological polar surface area (TPSA) is 29.3 Å². The van der Waals surface area contributed by atoms with E-state index in [0.29, 0.717) is 18.6 Å². The van der Waals surface area contributed by atoms with Crippen molar-refractivity contribution in [3.8, 4) is 0 Å². The number of nitrogens with two attached hydrogens (primary N) is 1. The van der Waals surface area contributed by atoms with Gasteiger partial charge in [-0.05, 0) is 42.3 Å². The van der Waals surface area contributed by atoms with Crippen molar-refractivity contribution in [2.24, 2.45) is 5.73 Å². The highest BCUT2D eigenvalue weighted by atomic mass is 15.2. The number of benzene rings is 2. The highest BCUT2D eigenvalue weighted by molar-refractivity contribution is 5.83. The fourth-order valence-electron chi connectivity index (χ4n) is 2.95. The Balaban J connectivity index is 2.37. The van der Waals surface area contributed by atoms with Crippen LogP contribution < -0.4 is 5.73 Å². The molecule has 2 atom stereocenters. The molecule has 2 aromatic rings. The van der Waals surface area contributed by atoms with Crippen LogP contribution in [0.25, 0.3) is 10.8 Å². The van der Waals surface area contributed by atoms with E-state index < -0.39 is 0 Å². The summed E-state index contributed by atoms with van der Waals surface area (Å²) in [6, 6.07) is 16.1. The first-order valence-corrected chi connectivity index (χ1v) is 7.65.